The largest absolute Gasteiger partial charge is 0.508 e. The lowest BCUT2D eigenvalue weighted by Crippen LogP contribution is -2.34. The van der Waals surface area contributed by atoms with Crippen LogP contribution in [0.2, 0.25) is 0 Å². The molecule has 1 aliphatic carbocycles. The van der Waals surface area contributed by atoms with Crippen LogP contribution in [0.25, 0.3) is 0 Å². The van der Waals surface area contributed by atoms with E-state index in [2.05, 4.69) is 10.2 Å². The van der Waals surface area contributed by atoms with E-state index in [0.717, 1.165) is 24.7 Å². The molecule has 1 amide bonds. The molecular formula is C18H26N2O2. The van der Waals surface area contributed by atoms with Crippen molar-refractivity contribution in [2.45, 2.75) is 45.1 Å². The number of aromatic hydroxyl groups is 1. The van der Waals surface area contributed by atoms with Crippen molar-refractivity contribution in [3.05, 3.63) is 29.3 Å². The number of aryl methyl sites for hydroxylation is 1. The lowest BCUT2D eigenvalue weighted by Gasteiger charge is -2.23. The molecule has 0 unspecified atom stereocenters. The minimum atomic E-state index is -0.0307. The fourth-order valence-corrected chi connectivity index (χ4v) is 3.87. The Morgan fingerprint density at radius 2 is 2.09 bits per heavy atom. The first kappa shape index (κ1) is 15.3. The number of amides is 1. The predicted molar refractivity (Wildman–Crippen MR) is 87.1 cm³/mol. The quantitative estimate of drug-likeness (QED) is 0.899. The molecule has 1 aromatic carbocycles. The molecule has 2 fully saturated rings. The van der Waals surface area contributed by atoms with Crippen LogP contribution in [-0.4, -0.2) is 41.6 Å². The second-order valence-electron chi connectivity index (χ2n) is 6.80. The number of phenols is 1. The fraction of sp³-hybridized carbons (Fsp3) is 0.611. The highest BCUT2D eigenvalue weighted by Crippen LogP contribution is 2.28. The lowest BCUT2D eigenvalue weighted by molar-refractivity contribution is 0.0946. The second-order valence-corrected chi connectivity index (χ2v) is 6.80. The van der Waals surface area contributed by atoms with Crippen molar-refractivity contribution in [1.29, 1.82) is 0 Å². The van der Waals surface area contributed by atoms with Crippen molar-refractivity contribution >= 4 is 5.91 Å². The van der Waals surface area contributed by atoms with Gasteiger partial charge in [0.2, 0.25) is 0 Å². The third-order valence-electron chi connectivity index (χ3n) is 5.16. The van der Waals surface area contributed by atoms with Crippen LogP contribution in [0.15, 0.2) is 18.2 Å². The van der Waals surface area contributed by atoms with Crippen molar-refractivity contribution in [3.8, 4) is 5.75 Å². The third-order valence-corrected chi connectivity index (χ3v) is 5.16. The van der Waals surface area contributed by atoms with E-state index >= 15 is 0 Å². The van der Waals surface area contributed by atoms with E-state index in [1.165, 1.54) is 38.6 Å². The van der Waals surface area contributed by atoms with Gasteiger partial charge in [0.1, 0.15) is 5.75 Å². The summed E-state index contributed by atoms with van der Waals surface area (Å²) in [6, 6.07) is 5.69. The maximum atomic E-state index is 12.3. The van der Waals surface area contributed by atoms with Crippen LogP contribution in [0.4, 0.5) is 0 Å². The number of carbonyl (C=O) groups is 1. The zero-order chi connectivity index (χ0) is 15.5. The summed E-state index contributed by atoms with van der Waals surface area (Å²) in [7, 11) is 0. The Balaban J connectivity index is 1.49. The van der Waals surface area contributed by atoms with Crippen LogP contribution in [0.1, 0.15) is 48.0 Å². The molecule has 1 aromatic rings. The summed E-state index contributed by atoms with van der Waals surface area (Å²) in [4.78, 5) is 14.9. The van der Waals surface area contributed by atoms with Crippen LogP contribution < -0.4 is 5.32 Å². The highest BCUT2D eigenvalue weighted by atomic mass is 16.3. The van der Waals surface area contributed by atoms with Crippen molar-refractivity contribution in [3.63, 3.8) is 0 Å². The van der Waals surface area contributed by atoms with Crippen LogP contribution >= 0.6 is 0 Å². The van der Waals surface area contributed by atoms with E-state index in [1.54, 1.807) is 18.2 Å². The average molecular weight is 302 g/mol. The highest BCUT2D eigenvalue weighted by Gasteiger charge is 2.29. The number of likely N-dealkylation sites (tertiary alicyclic amines) is 1. The van der Waals surface area contributed by atoms with E-state index in [4.69, 9.17) is 0 Å². The Kier molecular flexibility index (Phi) is 4.67. The molecule has 120 valence electrons. The zero-order valence-electron chi connectivity index (χ0n) is 13.3. The number of nitrogens with one attached hydrogen (secondary N) is 1. The Bertz CT molecular complexity index is 538. The van der Waals surface area contributed by atoms with E-state index in [0.29, 0.717) is 11.5 Å². The van der Waals surface area contributed by atoms with Gasteiger partial charge in [-0.05, 0) is 62.4 Å². The number of phenolic OH excluding ortho intramolecular Hbond substituents is 1. The SMILES string of the molecule is Cc1cc(O)ccc1C(=O)NC[C@H]1CCN(C2CCCC2)C1. The molecule has 22 heavy (non-hydrogen) atoms. The van der Waals surface area contributed by atoms with Gasteiger partial charge >= 0.3 is 0 Å². The summed E-state index contributed by atoms with van der Waals surface area (Å²) in [6.45, 7) is 4.91. The standard InChI is InChI=1S/C18H26N2O2/c1-13-10-16(21)6-7-17(13)18(22)19-11-14-8-9-20(12-14)15-4-2-3-5-15/h6-7,10,14-15,21H,2-5,8-9,11-12H2,1H3,(H,19,22)/t14-/m1/s1. The molecule has 2 N–H and O–H groups in total. The maximum Gasteiger partial charge on any atom is 0.251 e. The minimum Gasteiger partial charge on any atom is -0.508 e. The molecular weight excluding hydrogens is 276 g/mol. The summed E-state index contributed by atoms with van der Waals surface area (Å²) in [6.07, 6.45) is 6.65. The van der Waals surface area contributed by atoms with E-state index < -0.39 is 0 Å². The first-order valence-electron chi connectivity index (χ1n) is 8.45. The van der Waals surface area contributed by atoms with E-state index in [9.17, 15) is 9.90 Å². The van der Waals surface area contributed by atoms with Gasteiger partial charge in [0.15, 0.2) is 0 Å². The predicted octanol–water partition coefficient (Wildman–Crippen LogP) is 2.69. The summed E-state index contributed by atoms with van der Waals surface area (Å²) < 4.78 is 0. The van der Waals surface area contributed by atoms with Gasteiger partial charge in [-0.25, -0.2) is 0 Å². The summed E-state index contributed by atoms with van der Waals surface area (Å²) >= 11 is 0. The summed E-state index contributed by atoms with van der Waals surface area (Å²) in [5, 5.41) is 12.5. The Hall–Kier alpha value is -1.55. The van der Waals surface area contributed by atoms with Crippen molar-refractivity contribution in [2.24, 2.45) is 5.92 Å². The molecule has 4 heteroatoms. The topological polar surface area (TPSA) is 52.6 Å². The number of nitrogens with zero attached hydrogens (tertiary/aromatic N) is 1. The number of benzene rings is 1. The van der Waals surface area contributed by atoms with Gasteiger partial charge in [-0.2, -0.15) is 0 Å². The third kappa shape index (κ3) is 3.43. The number of hydrogen-bond acceptors (Lipinski definition) is 3. The van der Waals surface area contributed by atoms with Crippen molar-refractivity contribution < 1.29 is 9.90 Å². The molecule has 0 bridgehead atoms. The van der Waals surface area contributed by atoms with E-state index in [-0.39, 0.29) is 11.7 Å². The zero-order valence-corrected chi connectivity index (χ0v) is 13.3. The van der Waals surface area contributed by atoms with Gasteiger partial charge in [-0.3, -0.25) is 4.79 Å². The monoisotopic (exact) mass is 302 g/mol. The Morgan fingerprint density at radius 1 is 1.32 bits per heavy atom. The number of hydrogen-bond donors (Lipinski definition) is 2. The first-order chi connectivity index (χ1) is 10.6. The molecule has 1 atom stereocenters. The molecule has 3 rings (SSSR count). The molecule has 0 radical (unpaired) electrons. The first-order valence-corrected chi connectivity index (χ1v) is 8.45. The smallest absolute Gasteiger partial charge is 0.251 e. The van der Waals surface area contributed by atoms with E-state index in [1.807, 2.05) is 6.92 Å². The number of carbonyl (C=O) groups excluding carboxylic acids is 1. The maximum absolute atomic E-state index is 12.3. The Morgan fingerprint density at radius 3 is 2.82 bits per heavy atom. The average Bonchev–Trinajstić information content (AvgIpc) is 3.16. The normalized spacial score (nSPS) is 23.0. The van der Waals surface area contributed by atoms with Crippen LogP contribution in [-0.2, 0) is 0 Å². The van der Waals surface area contributed by atoms with Crippen LogP contribution in [0.3, 0.4) is 0 Å². The molecule has 4 nitrogen and oxygen atoms in total. The molecule has 2 aliphatic rings. The Labute approximate surface area is 132 Å². The van der Waals surface area contributed by atoms with Crippen LogP contribution in [0, 0.1) is 12.8 Å². The second kappa shape index (κ2) is 6.69. The fourth-order valence-electron chi connectivity index (χ4n) is 3.87. The lowest BCUT2D eigenvalue weighted by atomic mass is 10.1. The van der Waals surface area contributed by atoms with Gasteiger partial charge in [-0.15, -0.1) is 0 Å². The number of rotatable bonds is 4. The highest BCUT2D eigenvalue weighted by molar-refractivity contribution is 5.95. The molecule has 1 saturated heterocycles. The van der Waals surface area contributed by atoms with Gasteiger partial charge in [0, 0.05) is 24.7 Å². The van der Waals surface area contributed by atoms with Crippen molar-refractivity contribution in [1.82, 2.24) is 10.2 Å². The summed E-state index contributed by atoms with van der Waals surface area (Å²) in [5.41, 5.74) is 1.47. The minimum absolute atomic E-state index is 0.0307. The molecule has 1 saturated carbocycles. The summed E-state index contributed by atoms with van der Waals surface area (Å²) in [5.74, 6) is 0.746. The van der Waals surface area contributed by atoms with Gasteiger partial charge < -0.3 is 15.3 Å². The van der Waals surface area contributed by atoms with Gasteiger partial charge in [0.05, 0.1) is 0 Å². The molecule has 1 aliphatic heterocycles. The van der Waals surface area contributed by atoms with Gasteiger partial charge in [-0.1, -0.05) is 12.8 Å². The molecule has 0 aromatic heterocycles. The van der Waals surface area contributed by atoms with Crippen LogP contribution in [0.5, 0.6) is 5.75 Å². The van der Waals surface area contributed by atoms with Crippen molar-refractivity contribution in [2.75, 3.05) is 19.6 Å². The molecule has 0 spiro atoms. The molecule has 1 heterocycles. The van der Waals surface area contributed by atoms with Gasteiger partial charge in [0.25, 0.3) is 5.91 Å².